The SMILES string of the molecule is O=C1CCC(N2Cc3c(cc(F)cc3C3CCN(C(=O)c4cnc5ccccn45)CC3)C2=O)C(=O)N1. The fraction of sp³-hybridized carbons (Fsp3) is 0.346. The minimum Gasteiger partial charge on any atom is -0.337 e. The van der Waals surface area contributed by atoms with Crippen molar-refractivity contribution in [2.75, 3.05) is 13.1 Å². The van der Waals surface area contributed by atoms with Gasteiger partial charge in [0, 0.05) is 37.8 Å². The molecule has 1 aromatic carbocycles. The van der Waals surface area contributed by atoms with Gasteiger partial charge >= 0.3 is 0 Å². The topological polar surface area (TPSA) is 104 Å². The second-order valence-corrected chi connectivity index (χ2v) is 9.56. The lowest BCUT2D eigenvalue weighted by Crippen LogP contribution is -2.52. The maximum absolute atomic E-state index is 14.6. The van der Waals surface area contributed by atoms with Gasteiger partial charge in [-0.3, -0.25) is 28.9 Å². The number of nitrogens with one attached hydrogen (secondary N) is 1. The zero-order valence-electron chi connectivity index (χ0n) is 19.4. The maximum Gasteiger partial charge on any atom is 0.272 e. The molecule has 5 heterocycles. The molecule has 3 aromatic rings. The van der Waals surface area contributed by atoms with Crippen LogP contribution in [0, 0.1) is 5.82 Å². The van der Waals surface area contributed by atoms with Gasteiger partial charge in [-0.05, 0) is 60.6 Å². The fourth-order valence-electron chi connectivity index (χ4n) is 5.66. The summed E-state index contributed by atoms with van der Waals surface area (Å²) >= 11 is 0. The van der Waals surface area contributed by atoms with Gasteiger partial charge in [0.2, 0.25) is 11.8 Å². The first-order chi connectivity index (χ1) is 17.4. The van der Waals surface area contributed by atoms with Crippen molar-refractivity contribution in [1.29, 1.82) is 0 Å². The van der Waals surface area contributed by atoms with Crippen LogP contribution in [-0.4, -0.2) is 61.9 Å². The molecule has 6 rings (SSSR count). The average molecular weight is 490 g/mol. The Balaban J connectivity index is 1.20. The van der Waals surface area contributed by atoms with E-state index in [-0.39, 0.29) is 48.6 Å². The quantitative estimate of drug-likeness (QED) is 0.569. The molecule has 2 aromatic heterocycles. The van der Waals surface area contributed by atoms with Crippen LogP contribution < -0.4 is 5.32 Å². The van der Waals surface area contributed by atoms with E-state index < -0.39 is 17.8 Å². The van der Waals surface area contributed by atoms with E-state index in [0.717, 1.165) is 11.1 Å². The van der Waals surface area contributed by atoms with Crippen LogP contribution in [0.25, 0.3) is 5.65 Å². The van der Waals surface area contributed by atoms with Crippen LogP contribution in [0.3, 0.4) is 0 Å². The molecule has 2 fully saturated rings. The number of amides is 4. The molecule has 0 bridgehead atoms. The highest BCUT2D eigenvalue weighted by molar-refractivity contribution is 6.05. The Kier molecular flexibility index (Phi) is 5.31. The number of hydrogen-bond acceptors (Lipinski definition) is 5. The van der Waals surface area contributed by atoms with E-state index in [2.05, 4.69) is 10.3 Å². The summed E-state index contributed by atoms with van der Waals surface area (Å²) in [6.07, 6.45) is 5.07. The fourth-order valence-corrected chi connectivity index (χ4v) is 5.66. The molecule has 1 atom stereocenters. The van der Waals surface area contributed by atoms with Gasteiger partial charge in [0.15, 0.2) is 0 Å². The standard InChI is InChI=1S/C26H24FN5O4/c27-16-11-17(19-14-32(25(35)18(19)12-16)20-4-5-23(33)29-24(20)34)15-6-9-30(10-7-15)26(36)21-13-28-22-3-1-2-8-31(21)22/h1-3,8,11-13,15,20H,4-7,9-10,14H2,(H,29,33,34). The summed E-state index contributed by atoms with van der Waals surface area (Å²) in [7, 11) is 0. The van der Waals surface area contributed by atoms with Crippen molar-refractivity contribution in [2.24, 2.45) is 0 Å². The number of imidazole rings is 1. The summed E-state index contributed by atoms with van der Waals surface area (Å²) < 4.78 is 16.4. The van der Waals surface area contributed by atoms with Gasteiger partial charge in [-0.15, -0.1) is 0 Å². The van der Waals surface area contributed by atoms with E-state index in [1.165, 1.54) is 17.0 Å². The third-order valence-electron chi connectivity index (χ3n) is 7.51. The van der Waals surface area contributed by atoms with Gasteiger partial charge in [0.25, 0.3) is 11.8 Å². The molecule has 184 valence electrons. The monoisotopic (exact) mass is 489 g/mol. The Morgan fingerprint density at radius 3 is 2.67 bits per heavy atom. The molecule has 0 aliphatic carbocycles. The molecule has 0 saturated carbocycles. The number of benzene rings is 1. The van der Waals surface area contributed by atoms with Crippen LogP contribution in [-0.2, 0) is 16.1 Å². The van der Waals surface area contributed by atoms with Gasteiger partial charge in [-0.1, -0.05) is 6.07 Å². The number of aromatic nitrogens is 2. The van der Waals surface area contributed by atoms with Gasteiger partial charge in [0.05, 0.1) is 6.20 Å². The number of rotatable bonds is 3. The summed E-state index contributed by atoms with van der Waals surface area (Å²) in [6, 6.07) is 7.52. The Morgan fingerprint density at radius 1 is 1.08 bits per heavy atom. The number of imide groups is 1. The molecule has 10 heteroatoms. The molecular formula is C26H24FN5O4. The van der Waals surface area contributed by atoms with Crippen LogP contribution in [0.4, 0.5) is 4.39 Å². The number of likely N-dealkylation sites (tertiary alicyclic amines) is 1. The summed E-state index contributed by atoms with van der Waals surface area (Å²) in [6.45, 7) is 1.20. The van der Waals surface area contributed by atoms with Gasteiger partial charge in [-0.2, -0.15) is 0 Å². The number of carbonyl (C=O) groups is 4. The molecule has 36 heavy (non-hydrogen) atoms. The average Bonchev–Trinajstić information content (AvgIpc) is 3.45. The molecule has 2 saturated heterocycles. The summed E-state index contributed by atoms with van der Waals surface area (Å²) in [5.41, 5.74) is 2.98. The minimum absolute atomic E-state index is 0.0183. The van der Waals surface area contributed by atoms with Crippen molar-refractivity contribution in [3.05, 3.63) is 70.9 Å². The molecule has 3 aliphatic heterocycles. The molecule has 1 unspecified atom stereocenters. The smallest absolute Gasteiger partial charge is 0.272 e. The summed E-state index contributed by atoms with van der Waals surface area (Å²) in [4.78, 5) is 57.7. The number of pyridine rings is 1. The Hall–Kier alpha value is -4.08. The van der Waals surface area contributed by atoms with Crippen LogP contribution in [0.5, 0.6) is 0 Å². The van der Waals surface area contributed by atoms with Crippen molar-refractivity contribution < 1.29 is 23.6 Å². The third-order valence-corrected chi connectivity index (χ3v) is 7.51. The minimum atomic E-state index is -0.747. The predicted octanol–water partition coefficient (Wildman–Crippen LogP) is 2.25. The normalized spacial score (nSPS) is 20.7. The lowest BCUT2D eigenvalue weighted by molar-refractivity contribution is -0.136. The Morgan fingerprint density at radius 2 is 1.89 bits per heavy atom. The summed E-state index contributed by atoms with van der Waals surface area (Å²) in [5.74, 6) is -1.84. The van der Waals surface area contributed by atoms with Gasteiger partial charge < -0.3 is 9.80 Å². The highest BCUT2D eigenvalue weighted by atomic mass is 19.1. The van der Waals surface area contributed by atoms with Crippen molar-refractivity contribution in [1.82, 2.24) is 24.5 Å². The van der Waals surface area contributed by atoms with Crippen molar-refractivity contribution in [2.45, 2.75) is 44.2 Å². The van der Waals surface area contributed by atoms with E-state index in [4.69, 9.17) is 0 Å². The van der Waals surface area contributed by atoms with Gasteiger partial charge in [0.1, 0.15) is 23.2 Å². The number of halogens is 1. The zero-order chi connectivity index (χ0) is 25.0. The number of hydrogen-bond donors (Lipinski definition) is 1. The van der Waals surface area contributed by atoms with Crippen molar-refractivity contribution in [3.8, 4) is 0 Å². The predicted molar refractivity (Wildman–Crippen MR) is 126 cm³/mol. The zero-order valence-corrected chi connectivity index (χ0v) is 19.4. The van der Waals surface area contributed by atoms with Crippen LogP contribution in [0.1, 0.15) is 63.6 Å². The molecule has 9 nitrogen and oxygen atoms in total. The largest absolute Gasteiger partial charge is 0.337 e. The lowest BCUT2D eigenvalue weighted by atomic mass is 9.85. The van der Waals surface area contributed by atoms with Crippen molar-refractivity contribution in [3.63, 3.8) is 0 Å². The van der Waals surface area contributed by atoms with Crippen molar-refractivity contribution >= 4 is 29.3 Å². The van der Waals surface area contributed by atoms with Crippen LogP contribution in [0.2, 0.25) is 0 Å². The molecule has 0 radical (unpaired) electrons. The third kappa shape index (κ3) is 3.64. The van der Waals surface area contributed by atoms with Gasteiger partial charge in [-0.25, -0.2) is 9.37 Å². The van der Waals surface area contributed by atoms with Crippen LogP contribution in [0.15, 0.2) is 42.7 Å². The highest BCUT2D eigenvalue weighted by Gasteiger charge is 2.41. The van der Waals surface area contributed by atoms with E-state index in [1.807, 2.05) is 24.4 Å². The van der Waals surface area contributed by atoms with E-state index >= 15 is 0 Å². The molecule has 0 spiro atoms. The van der Waals surface area contributed by atoms with E-state index in [1.54, 1.807) is 15.5 Å². The number of carbonyl (C=O) groups excluding carboxylic acids is 4. The Labute approximate surface area is 205 Å². The highest BCUT2D eigenvalue weighted by Crippen LogP contribution is 2.38. The second-order valence-electron chi connectivity index (χ2n) is 9.56. The number of piperidine rings is 2. The first-order valence-corrected chi connectivity index (χ1v) is 12.1. The molecule has 3 aliphatic rings. The number of fused-ring (bicyclic) bond motifs is 2. The van der Waals surface area contributed by atoms with E-state index in [0.29, 0.717) is 37.3 Å². The molecular weight excluding hydrogens is 465 g/mol. The first-order valence-electron chi connectivity index (χ1n) is 12.1. The lowest BCUT2D eigenvalue weighted by Gasteiger charge is -2.33. The first kappa shape index (κ1) is 22.4. The van der Waals surface area contributed by atoms with Crippen LogP contribution >= 0.6 is 0 Å². The van der Waals surface area contributed by atoms with E-state index in [9.17, 15) is 23.6 Å². The second kappa shape index (κ2) is 8.54. The maximum atomic E-state index is 14.6. The Bertz CT molecular complexity index is 1420. The summed E-state index contributed by atoms with van der Waals surface area (Å²) in [5, 5.41) is 2.29. The molecule has 1 N–H and O–H groups in total. The number of nitrogens with zero attached hydrogens (tertiary/aromatic N) is 4. The molecule has 4 amide bonds.